The van der Waals surface area contributed by atoms with Crippen molar-refractivity contribution in [3.05, 3.63) is 48.2 Å². The highest BCUT2D eigenvalue weighted by Crippen LogP contribution is 2.53. The Morgan fingerprint density at radius 2 is 1.75 bits per heavy atom. The first-order valence-electron chi connectivity index (χ1n) is 19.1. The van der Waals surface area contributed by atoms with Gasteiger partial charge in [0.2, 0.25) is 11.9 Å². The van der Waals surface area contributed by atoms with Gasteiger partial charge in [-0.1, -0.05) is 19.6 Å². The minimum Gasteiger partial charge on any atom is -0.481 e. The molecule has 4 saturated heterocycles. The highest BCUT2D eigenvalue weighted by atomic mass is 19.4. The molecule has 13 heteroatoms. The van der Waals surface area contributed by atoms with Crippen molar-refractivity contribution >= 4 is 39.5 Å². The molecule has 0 bridgehead atoms. The second kappa shape index (κ2) is 12.6. The SMILES string of the molecule is C=CC(=O)N1CC2(CCN(c3nc(N4CC(C)(CN5CCCC5)C4)nc4c(OCC(F)(F)F)c(-c5c(C)ccc6[nH]ncc56)c(C5CC5)cc34)CC2)C1. The van der Waals surface area contributed by atoms with E-state index in [1.807, 2.05) is 24.0 Å². The van der Waals surface area contributed by atoms with Crippen LogP contribution in [0.15, 0.2) is 37.1 Å². The summed E-state index contributed by atoms with van der Waals surface area (Å²) in [5.41, 5.74) is 4.75. The molecule has 1 aliphatic carbocycles. The number of aryl methyl sites for hydroxylation is 1. The van der Waals surface area contributed by atoms with Crippen LogP contribution in [-0.2, 0) is 4.79 Å². The summed E-state index contributed by atoms with van der Waals surface area (Å²) in [7, 11) is 0. The number of aromatic amines is 1. The first-order valence-corrected chi connectivity index (χ1v) is 19.1. The molecule has 0 unspecified atom stereocenters. The lowest BCUT2D eigenvalue weighted by atomic mass is 9.72. The third-order valence-electron chi connectivity index (χ3n) is 12.3. The molecular formula is C40H47F3N8O2. The third kappa shape index (κ3) is 6.28. The number of alkyl halides is 3. The minimum atomic E-state index is -4.55. The molecule has 53 heavy (non-hydrogen) atoms. The Balaban J connectivity index is 1.18. The molecule has 5 aliphatic rings. The van der Waals surface area contributed by atoms with E-state index in [1.165, 1.54) is 18.9 Å². The minimum absolute atomic E-state index is 0.0353. The fraction of sp³-hybridized carbons (Fsp3) is 0.550. The maximum atomic E-state index is 14.1. The van der Waals surface area contributed by atoms with E-state index in [9.17, 15) is 18.0 Å². The Hall–Kier alpha value is -4.39. The summed E-state index contributed by atoms with van der Waals surface area (Å²) >= 11 is 0. The Labute approximate surface area is 307 Å². The number of hydrogen-bond acceptors (Lipinski definition) is 8. The highest BCUT2D eigenvalue weighted by Gasteiger charge is 2.47. The molecule has 5 fully saturated rings. The molecule has 6 heterocycles. The number of anilines is 2. The fourth-order valence-corrected chi connectivity index (χ4v) is 9.49. The van der Waals surface area contributed by atoms with Gasteiger partial charge in [-0.15, -0.1) is 0 Å². The number of amides is 1. The standard InChI is InChI=1S/C40H47F3N8O2/c1-4-31(52)50-22-39(23-50)11-15-49(16-12-39)36-28-17-27(26-8-9-26)33(32-25(2)7-10-30-29(32)18-44-47-30)35(53-24-40(41,42)43)34(28)45-37(46-36)51-20-38(3,21-51)19-48-13-5-6-14-48/h4,7,10,17-18,26H,1,5-6,8-9,11-16,19-24H2,2-3H3,(H,44,47). The van der Waals surface area contributed by atoms with Crippen LogP contribution in [0.2, 0.25) is 0 Å². The van der Waals surface area contributed by atoms with Crippen LogP contribution in [0.5, 0.6) is 5.75 Å². The van der Waals surface area contributed by atoms with Crippen molar-refractivity contribution < 1.29 is 22.7 Å². The molecule has 1 saturated carbocycles. The molecule has 10 nitrogen and oxygen atoms in total. The summed E-state index contributed by atoms with van der Waals surface area (Å²) in [4.78, 5) is 31.5. The van der Waals surface area contributed by atoms with Crippen molar-refractivity contribution in [2.75, 3.05) is 75.3 Å². The fourth-order valence-electron chi connectivity index (χ4n) is 9.49. The van der Waals surface area contributed by atoms with Crippen LogP contribution in [-0.4, -0.2) is 108 Å². The number of benzene rings is 2. The maximum Gasteiger partial charge on any atom is 0.422 e. The average molecular weight is 729 g/mol. The van der Waals surface area contributed by atoms with Gasteiger partial charge in [-0.05, 0) is 99.4 Å². The number of carbonyl (C=O) groups is 1. The molecule has 2 aromatic carbocycles. The molecule has 1 amide bonds. The van der Waals surface area contributed by atoms with Gasteiger partial charge in [0.05, 0.1) is 11.7 Å². The molecule has 0 atom stereocenters. The van der Waals surface area contributed by atoms with E-state index in [1.54, 1.807) is 6.20 Å². The highest BCUT2D eigenvalue weighted by molar-refractivity contribution is 6.06. The van der Waals surface area contributed by atoms with Crippen molar-refractivity contribution in [2.24, 2.45) is 10.8 Å². The molecule has 1 N–H and O–H groups in total. The number of halogens is 3. The monoisotopic (exact) mass is 728 g/mol. The number of ether oxygens (including phenoxy) is 1. The van der Waals surface area contributed by atoms with E-state index in [4.69, 9.17) is 14.7 Å². The normalized spacial score (nSPS) is 21.3. The number of H-pyrrole nitrogens is 1. The van der Waals surface area contributed by atoms with Gasteiger partial charge in [-0.25, -0.2) is 4.98 Å². The lowest BCUT2D eigenvalue weighted by Gasteiger charge is -2.54. The topological polar surface area (TPSA) is 93.7 Å². The molecule has 1 spiro atoms. The summed E-state index contributed by atoms with van der Waals surface area (Å²) in [5.74, 6) is 1.58. The first kappa shape index (κ1) is 34.4. The van der Waals surface area contributed by atoms with Crippen molar-refractivity contribution in [2.45, 2.75) is 64.5 Å². The predicted molar refractivity (Wildman–Crippen MR) is 200 cm³/mol. The van der Waals surface area contributed by atoms with Crippen LogP contribution in [0.1, 0.15) is 62.5 Å². The van der Waals surface area contributed by atoms with Gasteiger partial charge < -0.3 is 24.3 Å². The van der Waals surface area contributed by atoms with Crippen LogP contribution < -0.4 is 14.5 Å². The van der Waals surface area contributed by atoms with E-state index in [0.29, 0.717) is 30.1 Å². The summed E-state index contributed by atoms with van der Waals surface area (Å²) in [6.45, 7) is 14.2. The molecule has 2 aromatic heterocycles. The van der Waals surface area contributed by atoms with Gasteiger partial charge in [-0.3, -0.25) is 9.89 Å². The second-order valence-electron chi connectivity index (χ2n) is 16.7. The molecule has 4 aromatic rings. The van der Waals surface area contributed by atoms with Crippen molar-refractivity contribution in [1.29, 1.82) is 0 Å². The number of nitrogens with one attached hydrogen (secondary N) is 1. The van der Waals surface area contributed by atoms with Gasteiger partial charge in [0.15, 0.2) is 12.4 Å². The second-order valence-corrected chi connectivity index (χ2v) is 16.7. The Morgan fingerprint density at radius 1 is 1.02 bits per heavy atom. The average Bonchev–Trinajstić information content (AvgIpc) is 3.62. The number of rotatable bonds is 9. The molecule has 0 radical (unpaired) electrons. The number of hydrogen-bond donors (Lipinski definition) is 1. The number of fused-ring (bicyclic) bond motifs is 2. The molecule has 280 valence electrons. The number of nitrogens with zero attached hydrogens (tertiary/aromatic N) is 7. The summed E-state index contributed by atoms with van der Waals surface area (Å²) in [6, 6.07) is 6.08. The van der Waals surface area contributed by atoms with E-state index in [-0.39, 0.29) is 28.4 Å². The van der Waals surface area contributed by atoms with Crippen molar-refractivity contribution in [1.82, 2.24) is 30.0 Å². The van der Waals surface area contributed by atoms with E-state index in [0.717, 1.165) is 110 Å². The molecule has 9 rings (SSSR count). The van der Waals surface area contributed by atoms with Gasteiger partial charge in [0.25, 0.3) is 0 Å². The van der Waals surface area contributed by atoms with E-state index in [2.05, 4.69) is 44.5 Å². The zero-order valence-electron chi connectivity index (χ0n) is 30.6. The Kier molecular flexibility index (Phi) is 8.17. The van der Waals surface area contributed by atoms with Gasteiger partial charge in [0.1, 0.15) is 11.3 Å². The number of likely N-dealkylation sites (tertiary alicyclic amines) is 2. The van der Waals surface area contributed by atoms with Gasteiger partial charge >= 0.3 is 6.18 Å². The van der Waals surface area contributed by atoms with E-state index >= 15 is 0 Å². The van der Waals surface area contributed by atoms with Gasteiger partial charge in [-0.2, -0.15) is 23.3 Å². The first-order chi connectivity index (χ1) is 25.4. The largest absolute Gasteiger partial charge is 0.481 e. The quantitative estimate of drug-likeness (QED) is 0.188. The lowest BCUT2D eigenvalue weighted by molar-refractivity contribution is -0.153. The summed E-state index contributed by atoms with van der Waals surface area (Å²) in [6.07, 6.45) is 4.71. The Bertz CT molecular complexity index is 2080. The smallest absolute Gasteiger partial charge is 0.422 e. The molecular weight excluding hydrogens is 681 g/mol. The lowest BCUT2D eigenvalue weighted by Crippen LogP contribution is -2.61. The summed E-state index contributed by atoms with van der Waals surface area (Å²) < 4.78 is 48.3. The van der Waals surface area contributed by atoms with E-state index < -0.39 is 12.8 Å². The van der Waals surface area contributed by atoms with Crippen molar-refractivity contribution in [3.8, 4) is 16.9 Å². The molecule has 4 aliphatic heterocycles. The zero-order chi connectivity index (χ0) is 36.7. The van der Waals surface area contributed by atoms with Crippen molar-refractivity contribution in [3.63, 3.8) is 0 Å². The number of piperidine rings is 1. The van der Waals surface area contributed by atoms with Crippen LogP contribution in [0.25, 0.3) is 32.9 Å². The predicted octanol–water partition coefficient (Wildman–Crippen LogP) is 6.84. The number of aromatic nitrogens is 4. The third-order valence-corrected chi connectivity index (χ3v) is 12.3. The zero-order valence-corrected chi connectivity index (χ0v) is 30.6. The van der Waals surface area contributed by atoms with Crippen LogP contribution >= 0.6 is 0 Å². The van der Waals surface area contributed by atoms with Gasteiger partial charge in [0, 0.05) is 73.0 Å². The van der Waals surface area contributed by atoms with Crippen LogP contribution in [0.3, 0.4) is 0 Å². The number of carbonyl (C=O) groups excluding carboxylic acids is 1. The maximum absolute atomic E-state index is 14.1. The van der Waals surface area contributed by atoms with Crippen LogP contribution in [0.4, 0.5) is 24.9 Å². The summed E-state index contributed by atoms with van der Waals surface area (Å²) in [5, 5.41) is 8.91. The Morgan fingerprint density at radius 3 is 2.43 bits per heavy atom. The van der Waals surface area contributed by atoms with Crippen LogP contribution in [0, 0.1) is 17.8 Å².